The van der Waals surface area contributed by atoms with Crippen molar-refractivity contribution in [2.75, 3.05) is 0 Å². The molecular formula is C14H12BrNO4. The summed E-state index contributed by atoms with van der Waals surface area (Å²) in [6.07, 6.45) is -0.571. The summed E-state index contributed by atoms with van der Waals surface area (Å²) in [6, 6.07) is 11.1. The minimum Gasteiger partial charge on any atom is -0.456 e. The van der Waals surface area contributed by atoms with Gasteiger partial charge in [-0.3, -0.25) is 10.1 Å². The highest BCUT2D eigenvalue weighted by Gasteiger charge is 2.10. The van der Waals surface area contributed by atoms with Gasteiger partial charge in [-0.25, -0.2) is 0 Å². The molecule has 2 aromatic rings. The molecular weight excluding hydrogens is 326 g/mol. The third kappa shape index (κ3) is 3.34. The molecule has 1 atom stereocenters. The minimum absolute atomic E-state index is 0.0285. The molecule has 0 heterocycles. The fourth-order valence-electron chi connectivity index (χ4n) is 1.65. The molecule has 1 unspecified atom stereocenters. The van der Waals surface area contributed by atoms with E-state index in [1.165, 1.54) is 12.1 Å². The van der Waals surface area contributed by atoms with Crippen LogP contribution in [-0.4, -0.2) is 10.0 Å². The highest BCUT2D eigenvalue weighted by molar-refractivity contribution is 9.10. The van der Waals surface area contributed by atoms with Crippen LogP contribution in [0, 0.1) is 10.1 Å². The molecule has 2 rings (SSSR count). The van der Waals surface area contributed by atoms with Crippen LogP contribution >= 0.6 is 15.9 Å². The van der Waals surface area contributed by atoms with E-state index in [1.54, 1.807) is 37.3 Å². The maximum absolute atomic E-state index is 10.7. The molecule has 0 bridgehead atoms. The standard InChI is InChI=1S/C14H12BrNO4/c1-9(17)10-5-6-14(13(15)7-10)20-12-4-2-3-11(8-12)16(18)19/h2-9,17H,1H3. The smallest absolute Gasteiger partial charge is 0.273 e. The van der Waals surface area contributed by atoms with E-state index in [2.05, 4.69) is 15.9 Å². The van der Waals surface area contributed by atoms with E-state index in [4.69, 9.17) is 4.74 Å². The Morgan fingerprint density at radius 1 is 1.30 bits per heavy atom. The summed E-state index contributed by atoms with van der Waals surface area (Å²) in [7, 11) is 0. The molecule has 0 aliphatic carbocycles. The van der Waals surface area contributed by atoms with E-state index >= 15 is 0 Å². The first-order valence-electron chi connectivity index (χ1n) is 5.87. The molecule has 6 heteroatoms. The van der Waals surface area contributed by atoms with E-state index in [0.29, 0.717) is 16.0 Å². The number of ether oxygens (including phenoxy) is 1. The van der Waals surface area contributed by atoms with E-state index in [1.807, 2.05) is 0 Å². The number of benzene rings is 2. The van der Waals surface area contributed by atoms with Crippen molar-refractivity contribution in [2.45, 2.75) is 13.0 Å². The van der Waals surface area contributed by atoms with Gasteiger partial charge in [-0.1, -0.05) is 12.1 Å². The number of hydrogen-bond donors (Lipinski definition) is 1. The lowest BCUT2D eigenvalue weighted by atomic mass is 10.1. The van der Waals surface area contributed by atoms with Gasteiger partial charge in [0.1, 0.15) is 11.5 Å². The third-order valence-corrected chi connectivity index (χ3v) is 3.31. The van der Waals surface area contributed by atoms with Crippen LogP contribution in [0.2, 0.25) is 0 Å². The van der Waals surface area contributed by atoms with Gasteiger partial charge in [0.25, 0.3) is 5.69 Å². The zero-order valence-electron chi connectivity index (χ0n) is 10.6. The predicted octanol–water partition coefficient (Wildman–Crippen LogP) is 4.20. The molecule has 0 amide bonds. The van der Waals surface area contributed by atoms with Crippen molar-refractivity contribution >= 4 is 21.6 Å². The lowest BCUT2D eigenvalue weighted by molar-refractivity contribution is -0.384. The van der Waals surface area contributed by atoms with Crippen molar-refractivity contribution in [3.63, 3.8) is 0 Å². The van der Waals surface area contributed by atoms with Crippen molar-refractivity contribution in [1.82, 2.24) is 0 Å². The average molecular weight is 338 g/mol. The monoisotopic (exact) mass is 337 g/mol. The van der Waals surface area contributed by atoms with Crippen LogP contribution in [0.3, 0.4) is 0 Å². The number of rotatable bonds is 4. The molecule has 0 aliphatic rings. The number of nitro groups is 1. The van der Waals surface area contributed by atoms with E-state index < -0.39 is 11.0 Å². The molecule has 1 N–H and O–H groups in total. The Morgan fingerprint density at radius 3 is 2.65 bits per heavy atom. The summed E-state index contributed by atoms with van der Waals surface area (Å²) in [5.41, 5.74) is 0.725. The number of aliphatic hydroxyl groups excluding tert-OH is 1. The van der Waals surface area contributed by atoms with Crippen molar-refractivity contribution in [1.29, 1.82) is 0 Å². The van der Waals surface area contributed by atoms with Crippen molar-refractivity contribution in [3.8, 4) is 11.5 Å². The molecule has 0 saturated carbocycles. The van der Waals surface area contributed by atoms with Crippen molar-refractivity contribution in [3.05, 3.63) is 62.6 Å². The minimum atomic E-state index is -0.571. The maximum Gasteiger partial charge on any atom is 0.273 e. The lowest BCUT2D eigenvalue weighted by Gasteiger charge is -2.10. The number of nitro benzene ring substituents is 1. The number of non-ortho nitro benzene ring substituents is 1. The van der Waals surface area contributed by atoms with Gasteiger partial charge in [0.05, 0.1) is 21.6 Å². The first-order valence-corrected chi connectivity index (χ1v) is 6.66. The van der Waals surface area contributed by atoms with E-state index in [9.17, 15) is 15.2 Å². The molecule has 0 aliphatic heterocycles. The van der Waals surface area contributed by atoms with Crippen LogP contribution < -0.4 is 4.74 Å². The van der Waals surface area contributed by atoms with Gasteiger partial charge in [0, 0.05) is 6.07 Å². The second-order valence-corrected chi connectivity index (χ2v) is 5.08. The SMILES string of the molecule is CC(O)c1ccc(Oc2cccc([N+](=O)[O-])c2)c(Br)c1. The first kappa shape index (κ1) is 14.5. The molecule has 0 spiro atoms. The second kappa shape index (κ2) is 6.02. The summed E-state index contributed by atoms with van der Waals surface area (Å²) in [5, 5.41) is 20.2. The van der Waals surface area contributed by atoms with E-state index in [-0.39, 0.29) is 5.69 Å². The van der Waals surface area contributed by atoms with Crippen LogP contribution in [-0.2, 0) is 0 Å². The Labute approximate surface area is 124 Å². The lowest BCUT2D eigenvalue weighted by Crippen LogP contribution is -1.93. The van der Waals surface area contributed by atoms with Crippen LogP contribution in [0.15, 0.2) is 46.9 Å². The van der Waals surface area contributed by atoms with Crippen LogP contribution in [0.4, 0.5) is 5.69 Å². The fourth-order valence-corrected chi connectivity index (χ4v) is 2.12. The number of hydrogen-bond acceptors (Lipinski definition) is 4. The Hall–Kier alpha value is -1.92. The zero-order chi connectivity index (χ0) is 14.7. The highest BCUT2D eigenvalue weighted by atomic mass is 79.9. The Morgan fingerprint density at radius 2 is 2.05 bits per heavy atom. The zero-order valence-corrected chi connectivity index (χ0v) is 12.2. The molecule has 0 fully saturated rings. The average Bonchev–Trinajstić information content (AvgIpc) is 2.41. The first-order chi connectivity index (χ1) is 9.47. The number of nitrogens with zero attached hydrogens (tertiary/aromatic N) is 1. The van der Waals surface area contributed by atoms with Gasteiger partial charge >= 0.3 is 0 Å². The Bertz CT molecular complexity index is 643. The summed E-state index contributed by atoms with van der Waals surface area (Å²) in [4.78, 5) is 10.2. The summed E-state index contributed by atoms with van der Waals surface area (Å²) < 4.78 is 6.27. The normalized spacial score (nSPS) is 11.9. The van der Waals surface area contributed by atoms with Gasteiger partial charge in [-0.2, -0.15) is 0 Å². The molecule has 5 nitrogen and oxygen atoms in total. The second-order valence-electron chi connectivity index (χ2n) is 4.22. The predicted molar refractivity (Wildman–Crippen MR) is 77.9 cm³/mol. The van der Waals surface area contributed by atoms with Gasteiger partial charge in [-0.15, -0.1) is 0 Å². The third-order valence-electron chi connectivity index (χ3n) is 2.69. The Kier molecular flexibility index (Phi) is 4.36. The summed E-state index contributed by atoms with van der Waals surface area (Å²) >= 11 is 3.35. The van der Waals surface area contributed by atoms with Gasteiger partial charge in [0.2, 0.25) is 0 Å². The fraction of sp³-hybridized carbons (Fsp3) is 0.143. The summed E-state index contributed by atoms with van der Waals surface area (Å²) in [5.74, 6) is 0.902. The molecule has 0 radical (unpaired) electrons. The van der Waals surface area contributed by atoms with Crippen LogP contribution in [0.1, 0.15) is 18.6 Å². The van der Waals surface area contributed by atoms with Crippen LogP contribution in [0.25, 0.3) is 0 Å². The maximum atomic E-state index is 10.7. The molecule has 0 saturated heterocycles. The van der Waals surface area contributed by atoms with Gasteiger partial charge in [0.15, 0.2) is 0 Å². The molecule has 20 heavy (non-hydrogen) atoms. The molecule has 2 aromatic carbocycles. The topological polar surface area (TPSA) is 72.6 Å². The van der Waals surface area contributed by atoms with Gasteiger partial charge in [-0.05, 0) is 46.6 Å². The molecule has 0 aromatic heterocycles. The number of aliphatic hydroxyl groups is 1. The Balaban J connectivity index is 2.26. The van der Waals surface area contributed by atoms with Crippen molar-refractivity contribution in [2.24, 2.45) is 0 Å². The summed E-state index contributed by atoms with van der Waals surface area (Å²) in [6.45, 7) is 1.67. The van der Waals surface area contributed by atoms with Crippen LogP contribution in [0.5, 0.6) is 11.5 Å². The van der Waals surface area contributed by atoms with E-state index in [0.717, 1.165) is 5.56 Å². The largest absolute Gasteiger partial charge is 0.456 e. The quantitative estimate of drug-likeness (QED) is 0.670. The highest BCUT2D eigenvalue weighted by Crippen LogP contribution is 2.33. The molecule has 104 valence electrons. The van der Waals surface area contributed by atoms with Crippen molar-refractivity contribution < 1.29 is 14.8 Å². The number of halogens is 1. The van der Waals surface area contributed by atoms with Gasteiger partial charge < -0.3 is 9.84 Å².